The number of tetrazole rings is 1. The van der Waals surface area contributed by atoms with Crippen LogP contribution in [0.25, 0.3) is 0 Å². The summed E-state index contributed by atoms with van der Waals surface area (Å²) >= 11 is 0. The predicted molar refractivity (Wildman–Crippen MR) is 105 cm³/mol. The van der Waals surface area contributed by atoms with Crippen molar-refractivity contribution >= 4 is 0 Å². The molecule has 3 aliphatic carbocycles. The van der Waals surface area contributed by atoms with Crippen molar-refractivity contribution in [3.8, 4) is 5.88 Å². The highest BCUT2D eigenvalue weighted by atomic mass is 19.4. The lowest BCUT2D eigenvalue weighted by Gasteiger charge is -2.73. The minimum atomic E-state index is -4.56. The van der Waals surface area contributed by atoms with Crippen molar-refractivity contribution in [2.24, 2.45) is 5.41 Å². The van der Waals surface area contributed by atoms with E-state index in [1.54, 1.807) is 0 Å². The fourth-order valence-electron chi connectivity index (χ4n) is 5.30. The molecule has 3 aliphatic rings. The van der Waals surface area contributed by atoms with Crippen molar-refractivity contribution in [2.45, 2.75) is 48.9 Å². The van der Waals surface area contributed by atoms with Crippen molar-refractivity contribution < 1.29 is 40.6 Å². The van der Waals surface area contributed by atoms with Crippen LogP contribution in [0.5, 0.6) is 5.88 Å². The van der Waals surface area contributed by atoms with E-state index in [1.165, 1.54) is 0 Å². The number of halogens is 7. The highest BCUT2D eigenvalue weighted by molar-refractivity contribution is 5.40. The molecule has 3 saturated carbocycles. The van der Waals surface area contributed by atoms with Crippen molar-refractivity contribution in [3.63, 3.8) is 0 Å². The first kappa shape index (κ1) is 24.3. The molecule has 2 aromatic heterocycles. The minimum absolute atomic E-state index is 0.152. The first-order valence-corrected chi connectivity index (χ1v) is 10.6. The molecule has 0 amide bonds. The molecular formula is C21H17F7N6O2. The first-order chi connectivity index (χ1) is 16.8. The number of hydrogen-bond donors (Lipinski definition) is 1. The fourth-order valence-corrected chi connectivity index (χ4v) is 5.30. The zero-order valence-corrected chi connectivity index (χ0v) is 18.2. The molecule has 15 heteroatoms. The van der Waals surface area contributed by atoms with Gasteiger partial charge in [0.05, 0.1) is 18.1 Å². The van der Waals surface area contributed by atoms with E-state index in [9.17, 15) is 27.1 Å². The second kappa shape index (κ2) is 7.82. The monoisotopic (exact) mass is 518 g/mol. The summed E-state index contributed by atoms with van der Waals surface area (Å²) in [6.07, 6.45) is -1.92. The molecule has 36 heavy (non-hydrogen) atoms. The Hall–Kier alpha value is -3.36. The molecule has 2 heterocycles. The molecule has 1 unspecified atom stereocenters. The number of hydrogen-bond acceptors (Lipinski definition) is 7. The predicted octanol–water partition coefficient (Wildman–Crippen LogP) is 3.33. The summed E-state index contributed by atoms with van der Waals surface area (Å²) in [4.78, 5) is 8.49. The molecular weight excluding hydrogens is 501 g/mol. The van der Waals surface area contributed by atoms with Crippen LogP contribution in [-0.2, 0) is 17.6 Å². The van der Waals surface area contributed by atoms with Gasteiger partial charge >= 0.3 is 6.18 Å². The van der Waals surface area contributed by atoms with Crippen molar-refractivity contribution in [1.29, 1.82) is 0 Å². The Morgan fingerprint density at radius 2 is 1.75 bits per heavy atom. The summed E-state index contributed by atoms with van der Waals surface area (Å²) < 4.78 is 102. The van der Waals surface area contributed by atoms with Crippen LogP contribution in [0.3, 0.4) is 0 Å². The van der Waals surface area contributed by atoms with Gasteiger partial charge in [-0.25, -0.2) is 22.5 Å². The van der Waals surface area contributed by atoms with Crippen molar-refractivity contribution in [1.82, 2.24) is 30.2 Å². The summed E-state index contributed by atoms with van der Waals surface area (Å²) in [6, 6.07) is 1.91. The molecule has 3 fully saturated rings. The Morgan fingerprint density at radius 1 is 1.03 bits per heavy atom. The molecule has 1 N–H and O–H groups in total. The highest BCUT2D eigenvalue weighted by Gasteiger charge is 2.82. The van der Waals surface area contributed by atoms with Gasteiger partial charge in [0.2, 0.25) is 5.88 Å². The topological polar surface area (TPSA) is 98.8 Å². The van der Waals surface area contributed by atoms with Crippen LogP contribution in [0.4, 0.5) is 30.7 Å². The van der Waals surface area contributed by atoms with Gasteiger partial charge in [0.1, 0.15) is 18.2 Å². The molecule has 8 nitrogen and oxygen atoms in total. The Morgan fingerprint density at radius 3 is 2.31 bits per heavy atom. The van der Waals surface area contributed by atoms with Crippen molar-refractivity contribution in [3.05, 3.63) is 59.8 Å². The molecule has 0 saturated heterocycles. The molecule has 2 bridgehead atoms. The van der Waals surface area contributed by atoms with Crippen LogP contribution >= 0.6 is 0 Å². The summed E-state index contributed by atoms with van der Waals surface area (Å²) in [5.74, 6) is -6.67. The second-order valence-electron chi connectivity index (χ2n) is 9.26. The van der Waals surface area contributed by atoms with E-state index in [-0.39, 0.29) is 30.8 Å². The maximum Gasteiger partial charge on any atom is 0.422 e. The maximum atomic E-state index is 16.1. The third-order valence-electron chi connectivity index (χ3n) is 6.91. The number of benzene rings is 1. The Balaban J connectivity index is 1.39. The van der Waals surface area contributed by atoms with Gasteiger partial charge in [0, 0.05) is 22.5 Å². The average molecular weight is 518 g/mol. The summed E-state index contributed by atoms with van der Waals surface area (Å²) in [5, 5.41) is 21.9. The van der Waals surface area contributed by atoms with Gasteiger partial charge in [-0.2, -0.15) is 18.0 Å². The van der Waals surface area contributed by atoms with Gasteiger partial charge in [0.15, 0.2) is 18.5 Å². The maximum absolute atomic E-state index is 16.1. The molecule has 3 aromatic rings. The number of aliphatic hydroxyl groups is 1. The lowest BCUT2D eigenvalue weighted by Crippen LogP contribution is -2.76. The van der Waals surface area contributed by atoms with Gasteiger partial charge in [-0.3, -0.25) is 4.98 Å². The van der Waals surface area contributed by atoms with Gasteiger partial charge in [-0.05, 0) is 36.6 Å². The van der Waals surface area contributed by atoms with Gasteiger partial charge in [0.25, 0.3) is 5.92 Å². The van der Waals surface area contributed by atoms with E-state index < -0.39 is 58.9 Å². The second-order valence-corrected chi connectivity index (χ2v) is 9.26. The van der Waals surface area contributed by atoms with Crippen LogP contribution in [-0.4, -0.2) is 54.0 Å². The van der Waals surface area contributed by atoms with E-state index >= 15 is 8.78 Å². The summed E-state index contributed by atoms with van der Waals surface area (Å²) in [7, 11) is 0. The van der Waals surface area contributed by atoms with E-state index in [0.717, 1.165) is 30.9 Å². The minimum Gasteiger partial charge on any atom is -0.467 e. The SMILES string of the molecule is OC(Cn1ncnn1)(c1ccc(F)cc1F)C(F)(F)C12CC(c3cnc(OCC(F)(F)F)cn3)(C1)C2. The van der Waals surface area contributed by atoms with E-state index in [0.29, 0.717) is 10.9 Å². The number of alkyl halides is 5. The Bertz CT molecular complexity index is 1250. The van der Waals surface area contributed by atoms with E-state index in [4.69, 9.17) is 0 Å². The molecule has 192 valence electrons. The summed E-state index contributed by atoms with van der Waals surface area (Å²) in [5.41, 5.74) is -6.27. The summed E-state index contributed by atoms with van der Waals surface area (Å²) in [6.45, 7) is -2.51. The largest absolute Gasteiger partial charge is 0.467 e. The van der Waals surface area contributed by atoms with E-state index in [1.807, 2.05) is 0 Å². The Labute approximate surface area is 198 Å². The number of aromatic nitrogens is 6. The van der Waals surface area contributed by atoms with Crippen LogP contribution in [0.2, 0.25) is 0 Å². The zero-order valence-electron chi connectivity index (χ0n) is 18.2. The Kier molecular flexibility index (Phi) is 5.29. The normalized spacial score (nSPS) is 25.0. The number of ether oxygens (including phenoxy) is 1. The third-order valence-corrected chi connectivity index (χ3v) is 6.91. The lowest BCUT2D eigenvalue weighted by molar-refractivity contribution is -0.348. The van der Waals surface area contributed by atoms with Crippen LogP contribution < -0.4 is 4.74 Å². The smallest absolute Gasteiger partial charge is 0.422 e. The molecule has 1 aromatic carbocycles. The zero-order chi connectivity index (χ0) is 26.0. The number of rotatable bonds is 8. The van der Waals surface area contributed by atoms with Crippen molar-refractivity contribution in [2.75, 3.05) is 6.61 Å². The quantitative estimate of drug-likeness (QED) is 0.457. The molecule has 0 spiro atoms. The molecule has 0 radical (unpaired) electrons. The van der Waals surface area contributed by atoms with Gasteiger partial charge in [-0.15, -0.1) is 10.2 Å². The van der Waals surface area contributed by atoms with Gasteiger partial charge < -0.3 is 9.84 Å². The molecule has 0 aliphatic heterocycles. The van der Waals surface area contributed by atoms with Crippen LogP contribution in [0.1, 0.15) is 30.5 Å². The lowest BCUT2D eigenvalue weighted by atomic mass is 9.31. The number of nitrogens with zero attached hydrogens (tertiary/aromatic N) is 6. The van der Waals surface area contributed by atoms with Crippen LogP contribution in [0, 0.1) is 17.0 Å². The van der Waals surface area contributed by atoms with Crippen LogP contribution in [0.15, 0.2) is 36.9 Å². The highest BCUT2D eigenvalue weighted by Crippen LogP contribution is 2.80. The third kappa shape index (κ3) is 3.67. The van der Waals surface area contributed by atoms with E-state index in [2.05, 4.69) is 30.1 Å². The van der Waals surface area contributed by atoms with Gasteiger partial charge in [-0.1, -0.05) is 0 Å². The molecule has 6 rings (SSSR count). The first-order valence-electron chi connectivity index (χ1n) is 10.6. The standard InChI is InChI=1S/C21H17F7N6O2/c22-12-1-2-13(14(23)3-12)19(35,9-34-32-11-31-33-34)21(27,28)18-6-17(7-18,8-18)15-4-30-16(5-29-15)36-10-20(24,25)26/h1-5,11,35H,6-10H2. The average Bonchev–Trinajstić information content (AvgIpc) is 3.23. The molecule has 1 atom stereocenters. The fraction of sp³-hybridized carbons (Fsp3) is 0.476.